The largest absolute Gasteiger partial charge is 0.393 e. The van der Waals surface area contributed by atoms with E-state index in [1.807, 2.05) is 18.5 Å². The molecule has 0 radical (unpaired) electrons. The minimum absolute atomic E-state index is 0.0616. The average Bonchev–Trinajstić information content (AvgIpc) is 2.32. The number of nitrogens with zero attached hydrogens (tertiary/aromatic N) is 2. The van der Waals surface area contributed by atoms with Gasteiger partial charge in [0.05, 0.1) is 5.69 Å². The van der Waals surface area contributed by atoms with Crippen molar-refractivity contribution in [1.82, 2.24) is 9.36 Å². The van der Waals surface area contributed by atoms with Crippen LogP contribution >= 0.6 is 0 Å². The minimum Gasteiger partial charge on any atom is -0.393 e. The van der Waals surface area contributed by atoms with E-state index < -0.39 is 0 Å². The molecule has 4 nitrogen and oxygen atoms in total. The fourth-order valence-electron chi connectivity index (χ4n) is 1.54. The smallest absolute Gasteiger partial charge is 0.290 e. The summed E-state index contributed by atoms with van der Waals surface area (Å²) < 4.78 is 3.64. The second-order valence-corrected chi connectivity index (χ2v) is 3.14. The zero-order valence-corrected chi connectivity index (χ0v) is 8.50. The molecule has 0 fully saturated rings. The van der Waals surface area contributed by atoms with Gasteiger partial charge >= 0.3 is 0 Å². The summed E-state index contributed by atoms with van der Waals surface area (Å²) in [5, 5.41) is 0. The van der Waals surface area contributed by atoms with Crippen LogP contribution in [-0.4, -0.2) is 9.36 Å². The molecule has 0 aliphatic heterocycles. The highest BCUT2D eigenvalue weighted by Crippen LogP contribution is 2.06. The van der Waals surface area contributed by atoms with Crippen LogP contribution in [0.3, 0.4) is 0 Å². The van der Waals surface area contributed by atoms with Crippen LogP contribution in [0.1, 0.15) is 26.0 Å². The molecule has 0 spiro atoms. The second kappa shape index (κ2) is 3.68. The summed E-state index contributed by atoms with van der Waals surface area (Å²) in [4.78, 5) is 11.5. The fraction of sp³-hybridized carbons (Fsp3) is 0.667. The van der Waals surface area contributed by atoms with E-state index in [1.54, 1.807) is 4.68 Å². The van der Waals surface area contributed by atoms with Crippen LogP contribution in [0.25, 0.3) is 0 Å². The molecule has 2 N–H and O–H groups in total. The monoisotopic (exact) mass is 183 g/mol. The van der Waals surface area contributed by atoms with Crippen molar-refractivity contribution in [2.24, 2.45) is 0 Å². The molecule has 1 rings (SSSR count). The topological polar surface area (TPSA) is 52.9 Å². The van der Waals surface area contributed by atoms with Gasteiger partial charge in [-0.1, -0.05) is 6.92 Å². The predicted octanol–water partition coefficient (Wildman–Crippen LogP) is 0.970. The van der Waals surface area contributed by atoms with Crippen LogP contribution in [0.15, 0.2) is 4.79 Å². The van der Waals surface area contributed by atoms with E-state index in [0.717, 1.165) is 18.7 Å². The Morgan fingerprint density at radius 1 is 1.31 bits per heavy atom. The summed E-state index contributed by atoms with van der Waals surface area (Å²) in [6.45, 7) is 7.45. The van der Waals surface area contributed by atoms with Crippen LogP contribution in [0.5, 0.6) is 0 Å². The highest BCUT2D eigenvalue weighted by atomic mass is 16.1. The third-order valence-electron chi connectivity index (χ3n) is 2.27. The van der Waals surface area contributed by atoms with Gasteiger partial charge in [0.2, 0.25) is 0 Å². The Hall–Kier alpha value is -1.19. The fourth-order valence-corrected chi connectivity index (χ4v) is 1.54. The maximum Gasteiger partial charge on any atom is 0.290 e. The number of aromatic nitrogens is 2. The molecule has 0 amide bonds. The Morgan fingerprint density at radius 2 is 1.92 bits per heavy atom. The van der Waals surface area contributed by atoms with E-state index in [0.29, 0.717) is 12.2 Å². The van der Waals surface area contributed by atoms with Gasteiger partial charge in [-0.15, -0.1) is 0 Å². The Kier molecular flexibility index (Phi) is 2.80. The van der Waals surface area contributed by atoms with E-state index in [1.165, 1.54) is 0 Å². The van der Waals surface area contributed by atoms with Crippen LogP contribution < -0.4 is 11.3 Å². The molecular formula is C9H17N3O. The standard InChI is InChI=1S/C9H17N3O/c1-4-6-12-7(3)8(10)9(13)11(12)5-2/h4-6,10H2,1-3H3. The zero-order valence-electron chi connectivity index (χ0n) is 8.50. The minimum atomic E-state index is -0.0616. The molecular weight excluding hydrogens is 166 g/mol. The lowest BCUT2D eigenvalue weighted by atomic mass is 10.4. The third kappa shape index (κ3) is 1.48. The van der Waals surface area contributed by atoms with Crippen molar-refractivity contribution < 1.29 is 0 Å². The number of nitrogens with two attached hydrogens (primary N) is 1. The first kappa shape index (κ1) is 9.89. The van der Waals surface area contributed by atoms with Crippen molar-refractivity contribution >= 4 is 5.69 Å². The van der Waals surface area contributed by atoms with Crippen LogP contribution in [0, 0.1) is 6.92 Å². The van der Waals surface area contributed by atoms with Gasteiger partial charge in [0.25, 0.3) is 5.56 Å². The molecule has 0 saturated carbocycles. The molecule has 4 heteroatoms. The SMILES string of the molecule is CCCn1c(C)c(N)c(=O)n1CC. The highest BCUT2D eigenvalue weighted by Gasteiger charge is 2.11. The third-order valence-corrected chi connectivity index (χ3v) is 2.27. The van der Waals surface area contributed by atoms with Crippen LogP contribution in [-0.2, 0) is 13.1 Å². The first-order chi connectivity index (χ1) is 6.13. The summed E-state index contributed by atoms with van der Waals surface area (Å²) in [7, 11) is 0. The Labute approximate surface area is 77.9 Å². The lowest BCUT2D eigenvalue weighted by Crippen LogP contribution is -2.23. The second-order valence-electron chi connectivity index (χ2n) is 3.14. The van der Waals surface area contributed by atoms with Gasteiger partial charge in [0, 0.05) is 13.1 Å². The number of hydrogen-bond donors (Lipinski definition) is 1. The Balaban J connectivity index is 3.30. The first-order valence-corrected chi connectivity index (χ1v) is 4.69. The summed E-state index contributed by atoms with van der Waals surface area (Å²) >= 11 is 0. The normalized spacial score (nSPS) is 10.7. The predicted molar refractivity (Wildman–Crippen MR) is 53.8 cm³/mol. The quantitative estimate of drug-likeness (QED) is 0.759. The van der Waals surface area contributed by atoms with Gasteiger partial charge in [0.15, 0.2) is 0 Å². The number of hydrogen-bond acceptors (Lipinski definition) is 2. The summed E-state index contributed by atoms with van der Waals surface area (Å²) in [6.07, 6.45) is 1.01. The number of rotatable bonds is 3. The van der Waals surface area contributed by atoms with Crippen molar-refractivity contribution in [2.75, 3.05) is 5.73 Å². The van der Waals surface area contributed by atoms with Crippen molar-refractivity contribution in [3.63, 3.8) is 0 Å². The number of anilines is 1. The van der Waals surface area contributed by atoms with E-state index >= 15 is 0 Å². The molecule has 0 aromatic carbocycles. The molecule has 1 aromatic rings. The molecule has 0 unspecified atom stereocenters. The van der Waals surface area contributed by atoms with Gasteiger partial charge in [-0.25, -0.2) is 4.68 Å². The van der Waals surface area contributed by atoms with Gasteiger partial charge in [-0.2, -0.15) is 0 Å². The van der Waals surface area contributed by atoms with Crippen molar-refractivity contribution in [3.8, 4) is 0 Å². The van der Waals surface area contributed by atoms with E-state index in [9.17, 15) is 4.79 Å². The molecule has 74 valence electrons. The molecule has 13 heavy (non-hydrogen) atoms. The Morgan fingerprint density at radius 3 is 2.38 bits per heavy atom. The molecule has 1 aromatic heterocycles. The van der Waals surface area contributed by atoms with Crippen LogP contribution in [0.2, 0.25) is 0 Å². The van der Waals surface area contributed by atoms with E-state index in [2.05, 4.69) is 6.92 Å². The molecule has 0 atom stereocenters. The van der Waals surface area contributed by atoms with Crippen molar-refractivity contribution in [2.45, 2.75) is 40.3 Å². The van der Waals surface area contributed by atoms with Gasteiger partial charge in [-0.3, -0.25) is 9.48 Å². The average molecular weight is 183 g/mol. The van der Waals surface area contributed by atoms with Gasteiger partial charge < -0.3 is 5.73 Å². The number of nitrogen functional groups attached to an aromatic ring is 1. The maximum atomic E-state index is 11.5. The summed E-state index contributed by atoms with van der Waals surface area (Å²) in [6, 6.07) is 0. The summed E-state index contributed by atoms with van der Waals surface area (Å²) in [5.41, 5.74) is 6.86. The lowest BCUT2D eigenvalue weighted by Gasteiger charge is -2.09. The van der Waals surface area contributed by atoms with Crippen molar-refractivity contribution in [3.05, 3.63) is 16.0 Å². The molecule has 0 aliphatic rings. The van der Waals surface area contributed by atoms with E-state index in [4.69, 9.17) is 5.73 Å². The highest BCUT2D eigenvalue weighted by molar-refractivity contribution is 5.40. The molecule has 0 saturated heterocycles. The lowest BCUT2D eigenvalue weighted by molar-refractivity contribution is 0.446. The van der Waals surface area contributed by atoms with Crippen LogP contribution in [0.4, 0.5) is 5.69 Å². The molecule has 0 aliphatic carbocycles. The van der Waals surface area contributed by atoms with Gasteiger partial charge in [0.1, 0.15) is 5.69 Å². The first-order valence-electron chi connectivity index (χ1n) is 4.69. The van der Waals surface area contributed by atoms with Gasteiger partial charge in [-0.05, 0) is 20.3 Å². The van der Waals surface area contributed by atoms with Crippen molar-refractivity contribution in [1.29, 1.82) is 0 Å². The molecule has 0 bridgehead atoms. The zero-order chi connectivity index (χ0) is 10.0. The molecule has 1 heterocycles. The summed E-state index contributed by atoms with van der Waals surface area (Å²) in [5.74, 6) is 0. The maximum absolute atomic E-state index is 11.5. The van der Waals surface area contributed by atoms with E-state index in [-0.39, 0.29) is 5.56 Å². The Bertz CT molecular complexity index is 348.